The SMILES string of the molecule is COC(=O)C(C)CC(O)c1ccc(OC)c(Br)c1. The van der Waals surface area contributed by atoms with Crippen LogP contribution < -0.4 is 4.74 Å². The largest absolute Gasteiger partial charge is 0.496 e. The van der Waals surface area contributed by atoms with Gasteiger partial charge in [-0.3, -0.25) is 4.79 Å². The molecule has 0 fully saturated rings. The highest BCUT2D eigenvalue weighted by Crippen LogP contribution is 2.30. The third kappa shape index (κ3) is 3.71. The average Bonchev–Trinajstić information content (AvgIpc) is 2.37. The lowest BCUT2D eigenvalue weighted by Gasteiger charge is -2.16. The van der Waals surface area contributed by atoms with E-state index in [-0.39, 0.29) is 11.9 Å². The van der Waals surface area contributed by atoms with Crippen LogP contribution in [0.25, 0.3) is 0 Å². The molecule has 0 radical (unpaired) electrons. The number of methoxy groups -OCH3 is 2. The van der Waals surface area contributed by atoms with E-state index in [1.54, 1.807) is 32.2 Å². The van der Waals surface area contributed by atoms with Gasteiger partial charge in [-0.25, -0.2) is 0 Å². The van der Waals surface area contributed by atoms with Crippen molar-refractivity contribution in [2.24, 2.45) is 5.92 Å². The van der Waals surface area contributed by atoms with Crippen LogP contribution in [-0.2, 0) is 9.53 Å². The second kappa shape index (κ2) is 6.75. The molecule has 0 aromatic heterocycles. The fourth-order valence-electron chi connectivity index (χ4n) is 1.66. The molecule has 0 bridgehead atoms. The average molecular weight is 317 g/mol. The van der Waals surface area contributed by atoms with E-state index < -0.39 is 6.10 Å². The molecule has 5 heteroatoms. The topological polar surface area (TPSA) is 55.8 Å². The van der Waals surface area contributed by atoms with Crippen LogP contribution in [0.3, 0.4) is 0 Å². The minimum Gasteiger partial charge on any atom is -0.496 e. The summed E-state index contributed by atoms with van der Waals surface area (Å²) in [5, 5.41) is 10.1. The maximum Gasteiger partial charge on any atom is 0.308 e. The molecule has 0 saturated heterocycles. The fourth-order valence-corrected chi connectivity index (χ4v) is 2.22. The lowest BCUT2D eigenvalue weighted by molar-refractivity contribution is -0.145. The molecule has 18 heavy (non-hydrogen) atoms. The van der Waals surface area contributed by atoms with Crippen LogP contribution in [0, 0.1) is 5.92 Å². The van der Waals surface area contributed by atoms with Crippen molar-refractivity contribution in [1.29, 1.82) is 0 Å². The first-order chi connectivity index (χ1) is 8.49. The van der Waals surface area contributed by atoms with Gasteiger partial charge in [-0.1, -0.05) is 13.0 Å². The van der Waals surface area contributed by atoms with E-state index in [0.29, 0.717) is 12.2 Å². The minimum atomic E-state index is -0.707. The standard InChI is InChI=1S/C13H17BrO4/c1-8(13(16)18-3)6-11(15)9-4-5-12(17-2)10(14)7-9/h4-5,7-8,11,15H,6H2,1-3H3. The monoisotopic (exact) mass is 316 g/mol. The van der Waals surface area contributed by atoms with Gasteiger partial charge in [-0.05, 0) is 40.0 Å². The van der Waals surface area contributed by atoms with Gasteiger partial charge in [0.25, 0.3) is 0 Å². The highest BCUT2D eigenvalue weighted by Gasteiger charge is 2.19. The second-order valence-corrected chi connectivity index (χ2v) is 4.92. The number of halogens is 1. The molecule has 2 atom stereocenters. The molecule has 0 saturated carbocycles. The van der Waals surface area contributed by atoms with Crippen LogP contribution >= 0.6 is 15.9 Å². The van der Waals surface area contributed by atoms with E-state index in [0.717, 1.165) is 10.0 Å². The van der Waals surface area contributed by atoms with Gasteiger partial charge < -0.3 is 14.6 Å². The maximum atomic E-state index is 11.3. The van der Waals surface area contributed by atoms with E-state index in [1.807, 2.05) is 0 Å². The summed E-state index contributed by atoms with van der Waals surface area (Å²) in [6, 6.07) is 5.33. The van der Waals surface area contributed by atoms with Gasteiger partial charge in [0, 0.05) is 0 Å². The predicted octanol–water partition coefficient (Wildman–Crippen LogP) is 2.69. The first-order valence-corrected chi connectivity index (χ1v) is 6.38. The number of aliphatic hydroxyl groups excluding tert-OH is 1. The Kier molecular flexibility index (Phi) is 5.62. The van der Waals surface area contributed by atoms with Crippen molar-refractivity contribution >= 4 is 21.9 Å². The van der Waals surface area contributed by atoms with Gasteiger partial charge in [0.15, 0.2) is 0 Å². The van der Waals surface area contributed by atoms with E-state index in [9.17, 15) is 9.90 Å². The molecule has 1 aromatic carbocycles. The molecule has 0 spiro atoms. The lowest BCUT2D eigenvalue weighted by atomic mass is 9.98. The third-order valence-electron chi connectivity index (χ3n) is 2.74. The van der Waals surface area contributed by atoms with Crippen LogP contribution in [0.15, 0.2) is 22.7 Å². The van der Waals surface area contributed by atoms with Crippen molar-refractivity contribution < 1.29 is 19.4 Å². The number of hydrogen-bond donors (Lipinski definition) is 1. The molecule has 0 aliphatic rings. The fraction of sp³-hybridized carbons (Fsp3) is 0.462. The number of esters is 1. The van der Waals surface area contributed by atoms with Crippen LogP contribution in [0.5, 0.6) is 5.75 Å². The van der Waals surface area contributed by atoms with Crippen molar-refractivity contribution in [2.45, 2.75) is 19.4 Å². The summed E-state index contributed by atoms with van der Waals surface area (Å²) < 4.78 is 10.5. The molecule has 0 amide bonds. The minimum absolute atomic E-state index is 0.318. The van der Waals surface area contributed by atoms with Gasteiger partial charge in [-0.2, -0.15) is 0 Å². The smallest absolute Gasteiger partial charge is 0.308 e. The Morgan fingerprint density at radius 3 is 2.61 bits per heavy atom. The molecule has 100 valence electrons. The molecule has 0 heterocycles. The Morgan fingerprint density at radius 2 is 2.11 bits per heavy atom. The molecule has 1 aromatic rings. The van der Waals surface area contributed by atoms with Crippen molar-refractivity contribution in [3.05, 3.63) is 28.2 Å². The van der Waals surface area contributed by atoms with Crippen LogP contribution in [-0.4, -0.2) is 25.3 Å². The Morgan fingerprint density at radius 1 is 1.44 bits per heavy atom. The molecule has 1 N–H and O–H groups in total. The Labute approximate surface area is 115 Å². The Bertz CT molecular complexity index is 419. The molecule has 0 aliphatic heterocycles. The number of ether oxygens (including phenoxy) is 2. The van der Waals surface area contributed by atoms with Crippen LogP contribution in [0.1, 0.15) is 25.0 Å². The Balaban J connectivity index is 2.75. The summed E-state index contributed by atoms with van der Waals surface area (Å²) in [4.78, 5) is 11.3. The van der Waals surface area contributed by atoms with E-state index in [1.165, 1.54) is 7.11 Å². The summed E-state index contributed by atoms with van der Waals surface area (Å²) in [5.41, 5.74) is 0.735. The maximum absolute atomic E-state index is 11.3. The second-order valence-electron chi connectivity index (χ2n) is 4.07. The van der Waals surface area contributed by atoms with Gasteiger partial charge >= 0.3 is 5.97 Å². The van der Waals surface area contributed by atoms with Crippen LogP contribution in [0.4, 0.5) is 0 Å². The van der Waals surface area contributed by atoms with E-state index >= 15 is 0 Å². The first kappa shape index (κ1) is 15.0. The molecule has 1 rings (SSSR count). The zero-order valence-corrected chi connectivity index (χ0v) is 12.2. The van der Waals surface area contributed by atoms with Gasteiger partial charge in [0.05, 0.1) is 30.7 Å². The van der Waals surface area contributed by atoms with Crippen molar-refractivity contribution in [3.8, 4) is 5.75 Å². The number of carbonyl (C=O) groups excluding carboxylic acids is 1. The summed E-state index contributed by atoms with van der Waals surface area (Å²) in [6.45, 7) is 1.73. The number of hydrogen-bond acceptors (Lipinski definition) is 4. The normalized spacial score (nSPS) is 13.8. The first-order valence-electron chi connectivity index (χ1n) is 5.59. The highest BCUT2D eigenvalue weighted by atomic mass is 79.9. The van der Waals surface area contributed by atoms with E-state index in [2.05, 4.69) is 20.7 Å². The van der Waals surface area contributed by atoms with Gasteiger partial charge in [0.1, 0.15) is 5.75 Å². The van der Waals surface area contributed by atoms with Gasteiger partial charge in [0.2, 0.25) is 0 Å². The number of aliphatic hydroxyl groups is 1. The summed E-state index contributed by atoms with van der Waals surface area (Å²) in [6.07, 6.45) is -0.382. The number of carbonyl (C=O) groups is 1. The highest BCUT2D eigenvalue weighted by molar-refractivity contribution is 9.10. The molecule has 2 unspecified atom stereocenters. The molecule has 0 aliphatic carbocycles. The molecular formula is C13H17BrO4. The molecular weight excluding hydrogens is 300 g/mol. The summed E-state index contributed by atoms with van der Waals surface area (Å²) in [7, 11) is 2.92. The lowest BCUT2D eigenvalue weighted by Crippen LogP contribution is -2.16. The van der Waals surface area contributed by atoms with Crippen molar-refractivity contribution in [1.82, 2.24) is 0 Å². The zero-order valence-electron chi connectivity index (χ0n) is 10.6. The number of benzene rings is 1. The summed E-state index contributed by atoms with van der Waals surface area (Å²) in [5.74, 6) is 0.0412. The van der Waals surface area contributed by atoms with E-state index in [4.69, 9.17) is 4.74 Å². The van der Waals surface area contributed by atoms with Crippen molar-refractivity contribution in [2.75, 3.05) is 14.2 Å². The van der Waals surface area contributed by atoms with Crippen LogP contribution in [0.2, 0.25) is 0 Å². The Hall–Kier alpha value is -1.07. The molecule has 4 nitrogen and oxygen atoms in total. The quantitative estimate of drug-likeness (QED) is 0.849. The predicted molar refractivity (Wildman–Crippen MR) is 71.5 cm³/mol. The van der Waals surface area contributed by atoms with Crippen molar-refractivity contribution in [3.63, 3.8) is 0 Å². The third-order valence-corrected chi connectivity index (χ3v) is 3.36. The summed E-state index contributed by atoms with van der Waals surface area (Å²) >= 11 is 3.36. The zero-order chi connectivity index (χ0) is 13.7. The van der Waals surface area contributed by atoms with Gasteiger partial charge in [-0.15, -0.1) is 0 Å². The number of rotatable bonds is 5.